The van der Waals surface area contributed by atoms with Crippen LogP contribution in [0.2, 0.25) is 5.28 Å². The van der Waals surface area contributed by atoms with Gasteiger partial charge in [0.05, 0.1) is 13.2 Å². The van der Waals surface area contributed by atoms with E-state index in [4.69, 9.17) is 16.3 Å². The van der Waals surface area contributed by atoms with Crippen molar-refractivity contribution in [3.05, 3.63) is 22.7 Å². The van der Waals surface area contributed by atoms with Gasteiger partial charge in [-0.2, -0.15) is 0 Å². The van der Waals surface area contributed by atoms with Crippen molar-refractivity contribution >= 4 is 17.5 Å². The molecule has 86 valence electrons. The largest absolute Gasteiger partial charge is 0.378 e. The van der Waals surface area contributed by atoms with Crippen LogP contribution in [0, 0.1) is 6.92 Å². The van der Waals surface area contributed by atoms with Crippen molar-refractivity contribution in [3.63, 3.8) is 0 Å². The van der Waals surface area contributed by atoms with Crippen LogP contribution in [0.4, 0.5) is 0 Å². The van der Waals surface area contributed by atoms with Gasteiger partial charge in [-0.3, -0.25) is 4.79 Å². The van der Waals surface area contributed by atoms with Gasteiger partial charge in [-0.15, -0.1) is 0 Å². The minimum absolute atomic E-state index is 0.108. The second kappa shape index (κ2) is 4.76. The molecule has 6 heteroatoms. The zero-order valence-corrected chi connectivity index (χ0v) is 9.70. The normalized spacial score (nSPS) is 16.2. The fourth-order valence-electron chi connectivity index (χ4n) is 1.57. The lowest BCUT2D eigenvalue weighted by Gasteiger charge is -2.26. The highest BCUT2D eigenvalue weighted by atomic mass is 35.5. The molecular weight excluding hydrogens is 230 g/mol. The minimum Gasteiger partial charge on any atom is -0.378 e. The number of hydrogen-bond donors (Lipinski definition) is 0. The first kappa shape index (κ1) is 11.3. The Labute approximate surface area is 98.4 Å². The van der Waals surface area contributed by atoms with Crippen LogP contribution in [-0.4, -0.2) is 47.1 Å². The van der Waals surface area contributed by atoms with Crippen molar-refractivity contribution in [3.8, 4) is 0 Å². The smallest absolute Gasteiger partial charge is 0.272 e. The van der Waals surface area contributed by atoms with Gasteiger partial charge in [0.15, 0.2) is 0 Å². The molecule has 16 heavy (non-hydrogen) atoms. The molecular formula is C10H12ClN3O2. The summed E-state index contributed by atoms with van der Waals surface area (Å²) in [5.74, 6) is -0.115. The molecule has 2 heterocycles. The number of aryl methyl sites for hydroxylation is 1. The molecule has 1 aliphatic heterocycles. The van der Waals surface area contributed by atoms with Crippen LogP contribution in [0.1, 0.15) is 16.2 Å². The van der Waals surface area contributed by atoms with E-state index in [0.717, 1.165) is 0 Å². The highest BCUT2D eigenvalue weighted by molar-refractivity contribution is 6.28. The third kappa shape index (κ3) is 2.48. The van der Waals surface area contributed by atoms with Gasteiger partial charge < -0.3 is 9.64 Å². The van der Waals surface area contributed by atoms with Crippen LogP contribution in [0.3, 0.4) is 0 Å². The maximum absolute atomic E-state index is 12.0. The Morgan fingerprint density at radius 3 is 2.75 bits per heavy atom. The van der Waals surface area contributed by atoms with Crippen LogP contribution >= 0.6 is 11.6 Å². The minimum atomic E-state index is -0.115. The Kier molecular flexibility index (Phi) is 3.36. The standard InChI is InChI=1S/C10H12ClN3O2/c1-7-6-8(13-10(11)12-7)9(15)14-2-4-16-5-3-14/h6H,2-5H2,1H3. The first-order valence-electron chi connectivity index (χ1n) is 5.05. The molecule has 1 aromatic heterocycles. The molecule has 0 spiro atoms. The molecule has 0 radical (unpaired) electrons. The quantitative estimate of drug-likeness (QED) is 0.686. The van der Waals surface area contributed by atoms with Gasteiger partial charge in [0.1, 0.15) is 5.69 Å². The van der Waals surface area contributed by atoms with Crippen molar-refractivity contribution in [2.45, 2.75) is 6.92 Å². The first-order chi connectivity index (χ1) is 7.66. The van der Waals surface area contributed by atoms with Crippen LogP contribution in [-0.2, 0) is 4.74 Å². The molecule has 0 unspecified atom stereocenters. The average molecular weight is 242 g/mol. The molecule has 1 saturated heterocycles. The fraction of sp³-hybridized carbons (Fsp3) is 0.500. The topological polar surface area (TPSA) is 55.3 Å². The summed E-state index contributed by atoms with van der Waals surface area (Å²) in [6.07, 6.45) is 0. The third-order valence-corrected chi connectivity index (χ3v) is 2.51. The Bertz CT molecular complexity index is 385. The number of halogens is 1. The number of nitrogens with zero attached hydrogens (tertiary/aromatic N) is 3. The Morgan fingerprint density at radius 2 is 2.12 bits per heavy atom. The number of morpholine rings is 1. The van der Waals surface area contributed by atoms with Crippen molar-refractivity contribution in [2.24, 2.45) is 0 Å². The van der Waals surface area contributed by atoms with Crippen LogP contribution in [0.5, 0.6) is 0 Å². The highest BCUT2D eigenvalue weighted by Crippen LogP contribution is 2.09. The number of hydrogen-bond acceptors (Lipinski definition) is 4. The fourth-order valence-corrected chi connectivity index (χ4v) is 1.79. The van der Waals surface area contributed by atoms with Gasteiger partial charge in [-0.25, -0.2) is 9.97 Å². The van der Waals surface area contributed by atoms with Gasteiger partial charge in [0.2, 0.25) is 5.28 Å². The molecule has 1 fully saturated rings. The zero-order valence-electron chi connectivity index (χ0n) is 8.94. The van der Waals surface area contributed by atoms with Gasteiger partial charge in [0.25, 0.3) is 5.91 Å². The van der Waals surface area contributed by atoms with Gasteiger partial charge in [0, 0.05) is 18.8 Å². The molecule has 1 aliphatic rings. The molecule has 5 nitrogen and oxygen atoms in total. The molecule has 0 N–H and O–H groups in total. The van der Waals surface area contributed by atoms with Gasteiger partial charge in [-0.1, -0.05) is 0 Å². The van der Waals surface area contributed by atoms with Crippen LogP contribution in [0.25, 0.3) is 0 Å². The van der Waals surface area contributed by atoms with E-state index in [-0.39, 0.29) is 11.2 Å². The monoisotopic (exact) mass is 241 g/mol. The summed E-state index contributed by atoms with van der Waals surface area (Å²) in [5.41, 5.74) is 1.04. The molecule has 2 rings (SSSR count). The molecule has 1 amide bonds. The van der Waals surface area contributed by atoms with Crippen LogP contribution < -0.4 is 0 Å². The van der Waals surface area contributed by atoms with E-state index in [2.05, 4.69) is 9.97 Å². The lowest BCUT2D eigenvalue weighted by Crippen LogP contribution is -2.41. The summed E-state index contributed by atoms with van der Waals surface area (Å²) in [6.45, 7) is 4.12. The van der Waals surface area contributed by atoms with Crippen molar-refractivity contribution < 1.29 is 9.53 Å². The third-order valence-electron chi connectivity index (χ3n) is 2.34. The summed E-state index contributed by atoms with van der Waals surface area (Å²) >= 11 is 5.72. The average Bonchev–Trinajstić information content (AvgIpc) is 2.28. The summed E-state index contributed by atoms with van der Waals surface area (Å²) in [6, 6.07) is 1.64. The Balaban J connectivity index is 2.19. The maximum Gasteiger partial charge on any atom is 0.272 e. The summed E-state index contributed by atoms with van der Waals surface area (Å²) in [4.78, 5) is 21.6. The predicted octanol–water partition coefficient (Wildman–Crippen LogP) is 0.911. The number of amides is 1. The molecule has 0 aliphatic carbocycles. The first-order valence-corrected chi connectivity index (χ1v) is 5.43. The summed E-state index contributed by atoms with van der Waals surface area (Å²) in [7, 11) is 0. The zero-order chi connectivity index (χ0) is 11.5. The van der Waals surface area contributed by atoms with Crippen molar-refractivity contribution in [1.82, 2.24) is 14.9 Å². The SMILES string of the molecule is Cc1cc(C(=O)N2CCOCC2)nc(Cl)n1. The lowest BCUT2D eigenvalue weighted by atomic mass is 10.3. The molecule has 0 atom stereocenters. The van der Waals surface area contributed by atoms with E-state index < -0.39 is 0 Å². The van der Waals surface area contributed by atoms with E-state index >= 15 is 0 Å². The van der Waals surface area contributed by atoms with E-state index in [1.54, 1.807) is 17.9 Å². The second-order valence-electron chi connectivity index (χ2n) is 3.57. The van der Waals surface area contributed by atoms with Gasteiger partial charge in [-0.05, 0) is 24.6 Å². The van der Waals surface area contributed by atoms with E-state index in [1.807, 2.05) is 0 Å². The second-order valence-corrected chi connectivity index (χ2v) is 3.91. The number of carbonyl (C=O) groups excluding carboxylic acids is 1. The number of aromatic nitrogens is 2. The van der Waals surface area contributed by atoms with Crippen molar-refractivity contribution in [2.75, 3.05) is 26.3 Å². The highest BCUT2D eigenvalue weighted by Gasteiger charge is 2.20. The predicted molar refractivity (Wildman–Crippen MR) is 58.5 cm³/mol. The maximum atomic E-state index is 12.0. The Hall–Kier alpha value is -1.20. The Morgan fingerprint density at radius 1 is 1.44 bits per heavy atom. The van der Waals surface area contributed by atoms with Gasteiger partial charge >= 0.3 is 0 Å². The summed E-state index contributed by atoms with van der Waals surface area (Å²) in [5, 5.41) is 0.108. The van der Waals surface area contributed by atoms with E-state index in [0.29, 0.717) is 37.7 Å². The number of ether oxygens (including phenoxy) is 1. The summed E-state index contributed by atoms with van der Waals surface area (Å²) < 4.78 is 5.18. The van der Waals surface area contributed by atoms with Crippen LogP contribution in [0.15, 0.2) is 6.07 Å². The lowest BCUT2D eigenvalue weighted by molar-refractivity contribution is 0.0299. The number of rotatable bonds is 1. The van der Waals surface area contributed by atoms with E-state index in [1.165, 1.54) is 0 Å². The van der Waals surface area contributed by atoms with Crippen molar-refractivity contribution in [1.29, 1.82) is 0 Å². The molecule has 0 saturated carbocycles. The molecule has 0 bridgehead atoms. The van der Waals surface area contributed by atoms with E-state index in [9.17, 15) is 4.79 Å². The molecule has 1 aromatic rings. The molecule has 0 aromatic carbocycles. The number of carbonyl (C=O) groups is 1.